The van der Waals surface area contributed by atoms with E-state index in [1.54, 1.807) is 13.3 Å². The van der Waals surface area contributed by atoms with Crippen LogP contribution in [0.4, 0.5) is 0 Å². The Balaban J connectivity index is 3.06. The van der Waals surface area contributed by atoms with E-state index in [-0.39, 0.29) is 5.60 Å². The van der Waals surface area contributed by atoms with Crippen molar-refractivity contribution in [3.05, 3.63) is 23.9 Å². The Morgan fingerprint density at radius 3 is 2.58 bits per heavy atom. The molecule has 1 aromatic heterocycles. The predicted octanol–water partition coefficient (Wildman–Crippen LogP) is 2.81. The van der Waals surface area contributed by atoms with Gasteiger partial charge >= 0.3 is 0 Å². The molecule has 0 saturated heterocycles. The van der Waals surface area contributed by atoms with Crippen molar-refractivity contribution < 1.29 is 14.2 Å². The van der Waals surface area contributed by atoms with Crippen LogP contribution < -0.4 is 4.74 Å². The summed E-state index contributed by atoms with van der Waals surface area (Å²) in [4.78, 5) is 0. The second-order valence-electron chi connectivity index (χ2n) is 5.00. The first-order chi connectivity index (χ1) is 8.89. The number of hydrogen-bond donors (Lipinski definition) is 0. The Kier molecular flexibility index (Phi) is 5.30. The number of nitrogens with zero attached hydrogens (tertiary/aromatic N) is 2. The van der Waals surface area contributed by atoms with Gasteiger partial charge in [0.15, 0.2) is 0 Å². The second kappa shape index (κ2) is 6.52. The molecule has 0 aliphatic heterocycles. The molecule has 0 aliphatic carbocycles. The van der Waals surface area contributed by atoms with Crippen LogP contribution in [-0.2, 0) is 16.1 Å². The van der Waals surface area contributed by atoms with Gasteiger partial charge in [-0.05, 0) is 27.7 Å². The van der Waals surface area contributed by atoms with E-state index >= 15 is 0 Å². The highest BCUT2D eigenvalue weighted by Gasteiger charge is 2.18. The lowest BCUT2D eigenvalue weighted by molar-refractivity contribution is -0.0161. The van der Waals surface area contributed by atoms with Crippen LogP contribution in [0, 0.1) is 0 Å². The van der Waals surface area contributed by atoms with Crippen molar-refractivity contribution >= 4 is 5.76 Å². The molecule has 5 nitrogen and oxygen atoms in total. The van der Waals surface area contributed by atoms with Gasteiger partial charge in [-0.25, -0.2) is 0 Å². The fourth-order valence-electron chi connectivity index (χ4n) is 1.48. The zero-order valence-electron chi connectivity index (χ0n) is 12.3. The fourth-order valence-corrected chi connectivity index (χ4v) is 1.48. The van der Waals surface area contributed by atoms with Gasteiger partial charge in [0.2, 0.25) is 5.88 Å². The maximum Gasteiger partial charge on any atom is 0.239 e. The van der Waals surface area contributed by atoms with Crippen molar-refractivity contribution in [2.24, 2.45) is 0 Å². The Morgan fingerprint density at radius 1 is 1.37 bits per heavy atom. The highest BCUT2D eigenvalue weighted by atomic mass is 16.5. The number of methoxy groups -OCH3 is 1. The fraction of sp³-hybridized carbons (Fsp3) is 0.571. The molecule has 0 radical (unpaired) electrons. The van der Waals surface area contributed by atoms with Crippen molar-refractivity contribution in [1.82, 2.24) is 10.2 Å². The molecule has 0 unspecified atom stereocenters. The van der Waals surface area contributed by atoms with Gasteiger partial charge in [-0.3, -0.25) is 0 Å². The lowest BCUT2D eigenvalue weighted by Gasteiger charge is -2.21. The van der Waals surface area contributed by atoms with Crippen LogP contribution in [0.15, 0.2) is 12.8 Å². The van der Waals surface area contributed by atoms with Crippen molar-refractivity contribution in [1.29, 1.82) is 0 Å². The van der Waals surface area contributed by atoms with Crippen LogP contribution >= 0.6 is 0 Å². The zero-order valence-corrected chi connectivity index (χ0v) is 12.3. The van der Waals surface area contributed by atoms with E-state index < -0.39 is 0 Å². The molecule has 19 heavy (non-hydrogen) atoms. The molecule has 0 saturated carbocycles. The molecule has 1 heterocycles. The molecular weight excluding hydrogens is 244 g/mol. The molecular formula is C14H22N2O3. The SMILES string of the molecule is C=C(OCC)c1cnnc(OC)c1COC(C)(C)C. The Morgan fingerprint density at radius 2 is 2.05 bits per heavy atom. The van der Waals surface area contributed by atoms with Crippen LogP contribution in [0.2, 0.25) is 0 Å². The van der Waals surface area contributed by atoms with E-state index in [0.29, 0.717) is 24.9 Å². The number of hydrogen-bond acceptors (Lipinski definition) is 5. The van der Waals surface area contributed by atoms with Crippen molar-refractivity contribution in [3.63, 3.8) is 0 Å². The summed E-state index contributed by atoms with van der Waals surface area (Å²) < 4.78 is 16.4. The van der Waals surface area contributed by atoms with E-state index in [4.69, 9.17) is 14.2 Å². The second-order valence-corrected chi connectivity index (χ2v) is 5.00. The highest BCUT2D eigenvalue weighted by Crippen LogP contribution is 2.26. The summed E-state index contributed by atoms with van der Waals surface area (Å²) in [6.07, 6.45) is 1.61. The summed E-state index contributed by atoms with van der Waals surface area (Å²) in [6.45, 7) is 12.7. The molecule has 0 aromatic carbocycles. The van der Waals surface area contributed by atoms with Gasteiger partial charge in [0, 0.05) is 5.56 Å². The van der Waals surface area contributed by atoms with Crippen molar-refractivity contribution in [2.75, 3.05) is 13.7 Å². The molecule has 0 aliphatic rings. The van der Waals surface area contributed by atoms with E-state index in [0.717, 1.165) is 11.1 Å². The Hall–Kier alpha value is -1.62. The maximum absolute atomic E-state index is 5.78. The largest absolute Gasteiger partial charge is 0.494 e. The van der Waals surface area contributed by atoms with Crippen LogP contribution in [0.25, 0.3) is 5.76 Å². The van der Waals surface area contributed by atoms with Gasteiger partial charge < -0.3 is 14.2 Å². The smallest absolute Gasteiger partial charge is 0.239 e. The first-order valence-corrected chi connectivity index (χ1v) is 6.23. The average molecular weight is 266 g/mol. The summed E-state index contributed by atoms with van der Waals surface area (Å²) in [5.74, 6) is 0.978. The topological polar surface area (TPSA) is 53.5 Å². The minimum Gasteiger partial charge on any atom is -0.494 e. The molecule has 0 atom stereocenters. The van der Waals surface area contributed by atoms with Gasteiger partial charge in [-0.1, -0.05) is 6.58 Å². The lowest BCUT2D eigenvalue weighted by atomic mass is 10.1. The number of aromatic nitrogens is 2. The number of rotatable bonds is 6. The van der Waals surface area contributed by atoms with Gasteiger partial charge in [0.05, 0.1) is 37.7 Å². The van der Waals surface area contributed by atoms with Crippen molar-refractivity contribution in [2.45, 2.75) is 39.9 Å². The van der Waals surface area contributed by atoms with Gasteiger partial charge in [-0.2, -0.15) is 5.10 Å². The third kappa shape index (κ3) is 4.52. The first-order valence-electron chi connectivity index (χ1n) is 6.23. The standard InChI is InChI=1S/C14H22N2O3/c1-7-18-10(2)11-8-15-16-13(17-6)12(11)9-19-14(3,4)5/h8H,2,7,9H2,1,3-6H3. The van der Waals surface area contributed by atoms with Crippen LogP contribution in [0.1, 0.15) is 38.8 Å². The lowest BCUT2D eigenvalue weighted by Crippen LogP contribution is -2.19. The molecule has 0 spiro atoms. The Labute approximate surface area is 114 Å². The summed E-state index contributed by atoms with van der Waals surface area (Å²) in [5.41, 5.74) is 1.31. The average Bonchev–Trinajstić information content (AvgIpc) is 2.35. The minimum absolute atomic E-state index is 0.251. The van der Waals surface area contributed by atoms with E-state index in [2.05, 4.69) is 16.8 Å². The monoisotopic (exact) mass is 266 g/mol. The third-order valence-corrected chi connectivity index (χ3v) is 2.38. The number of ether oxygens (including phenoxy) is 3. The zero-order chi connectivity index (χ0) is 14.5. The molecule has 1 rings (SSSR count). The van der Waals surface area contributed by atoms with Crippen LogP contribution in [0.5, 0.6) is 5.88 Å². The quantitative estimate of drug-likeness (QED) is 0.741. The summed E-state index contributed by atoms with van der Waals surface area (Å²) in [6, 6.07) is 0. The minimum atomic E-state index is -0.251. The van der Waals surface area contributed by atoms with E-state index in [1.165, 1.54) is 0 Å². The predicted molar refractivity (Wildman–Crippen MR) is 73.8 cm³/mol. The third-order valence-electron chi connectivity index (χ3n) is 2.38. The molecule has 0 N–H and O–H groups in total. The van der Waals surface area contributed by atoms with Crippen molar-refractivity contribution in [3.8, 4) is 5.88 Å². The highest BCUT2D eigenvalue weighted by molar-refractivity contribution is 5.61. The summed E-state index contributed by atoms with van der Waals surface area (Å²) >= 11 is 0. The molecule has 1 aromatic rings. The Bertz CT molecular complexity index is 439. The molecule has 0 bridgehead atoms. The summed E-state index contributed by atoms with van der Waals surface area (Å²) in [5, 5.41) is 7.84. The normalized spacial score (nSPS) is 11.2. The molecule has 106 valence electrons. The van der Waals surface area contributed by atoms with E-state index in [1.807, 2.05) is 27.7 Å². The molecule has 5 heteroatoms. The van der Waals surface area contributed by atoms with Crippen LogP contribution in [0.3, 0.4) is 0 Å². The maximum atomic E-state index is 5.78. The van der Waals surface area contributed by atoms with Gasteiger partial charge in [0.1, 0.15) is 5.76 Å². The van der Waals surface area contributed by atoms with E-state index in [9.17, 15) is 0 Å². The summed E-state index contributed by atoms with van der Waals surface area (Å²) in [7, 11) is 1.55. The molecule has 0 fully saturated rings. The van der Waals surface area contributed by atoms with Crippen LogP contribution in [-0.4, -0.2) is 29.5 Å². The van der Waals surface area contributed by atoms with Gasteiger partial charge in [0.25, 0.3) is 0 Å². The first kappa shape index (κ1) is 15.4. The molecule has 0 amide bonds. The van der Waals surface area contributed by atoms with Gasteiger partial charge in [-0.15, -0.1) is 5.10 Å².